The van der Waals surface area contributed by atoms with Crippen molar-refractivity contribution in [1.82, 2.24) is 0 Å². The summed E-state index contributed by atoms with van der Waals surface area (Å²) in [5, 5.41) is 6.46. The van der Waals surface area contributed by atoms with Crippen LogP contribution in [0, 0.1) is 0 Å². The highest BCUT2D eigenvalue weighted by atomic mass is 28.3. The highest BCUT2D eigenvalue weighted by Crippen LogP contribution is 2.24. The number of nitrogens with zero attached hydrogens (tertiary/aromatic N) is 1. The van der Waals surface area contributed by atoms with E-state index in [4.69, 9.17) is 0 Å². The quantitative estimate of drug-likeness (QED) is 0.857. The van der Waals surface area contributed by atoms with E-state index in [1.807, 2.05) is 7.05 Å². The second-order valence-electron chi connectivity index (χ2n) is 6.66. The Kier molecular flexibility index (Phi) is 3.33. The second-order valence-corrected chi connectivity index (χ2v) is 11.0. The Balaban J connectivity index is 2.17. The Hall–Kier alpha value is -1.74. The maximum atomic E-state index is 3.28. The lowest BCUT2D eigenvalue weighted by molar-refractivity contribution is 1.12. The summed E-state index contributed by atoms with van der Waals surface area (Å²) in [5.74, 6) is 0. The molecular formula is C18H24N2Si. The van der Waals surface area contributed by atoms with E-state index >= 15 is 0 Å². The van der Waals surface area contributed by atoms with Crippen molar-refractivity contribution in [1.29, 1.82) is 0 Å². The summed E-state index contributed by atoms with van der Waals surface area (Å²) in [7, 11) is 4.61. The molecule has 0 saturated carbocycles. The fourth-order valence-electron chi connectivity index (χ4n) is 3.40. The summed E-state index contributed by atoms with van der Waals surface area (Å²) >= 11 is 0. The Morgan fingerprint density at radius 2 is 1.57 bits per heavy atom. The van der Waals surface area contributed by atoms with Gasteiger partial charge in [-0.15, -0.1) is 0 Å². The van der Waals surface area contributed by atoms with Gasteiger partial charge in [0.2, 0.25) is 0 Å². The predicted molar refractivity (Wildman–Crippen MR) is 96.3 cm³/mol. The van der Waals surface area contributed by atoms with Gasteiger partial charge >= 0.3 is 0 Å². The fourth-order valence-corrected chi connectivity index (χ4v) is 6.66. The summed E-state index contributed by atoms with van der Waals surface area (Å²) in [6, 6.07) is 13.9. The Morgan fingerprint density at radius 3 is 2.19 bits per heavy atom. The SMILES string of the molecule is CNc1ccc2c(c1)[Si](C)(C)c1cc(N(C)C)ccc1C2. The van der Waals surface area contributed by atoms with Crippen molar-refractivity contribution in [2.75, 3.05) is 31.4 Å². The summed E-state index contributed by atoms with van der Waals surface area (Å²) in [6.45, 7) is 4.95. The van der Waals surface area contributed by atoms with Gasteiger partial charge in [-0.2, -0.15) is 0 Å². The first kappa shape index (κ1) is 14.2. The largest absolute Gasteiger partial charge is 0.388 e. The van der Waals surface area contributed by atoms with Gasteiger partial charge in [0.15, 0.2) is 0 Å². The van der Waals surface area contributed by atoms with E-state index in [0.717, 1.165) is 6.42 Å². The van der Waals surface area contributed by atoms with E-state index in [-0.39, 0.29) is 0 Å². The number of hydrogen-bond acceptors (Lipinski definition) is 2. The molecule has 2 nitrogen and oxygen atoms in total. The zero-order valence-electron chi connectivity index (χ0n) is 13.6. The van der Waals surface area contributed by atoms with E-state index in [0.29, 0.717) is 0 Å². The van der Waals surface area contributed by atoms with E-state index < -0.39 is 8.07 Å². The van der Waals surface area contributed by atoms with Crippen LogP contribution in [0.5, 0.6) is 0 Å². The molecule has 2 aromatic carbocycles. The first-order chi connectivity index (χ1) is 9.93. The summed E-state index contributed by atoms with van der Waals surface area (Å²) in [5.41, 5.74) is 5.56. The number of rotatable bonds is 2. The molecule has 0 saturated heterocycles. The van der Waals surface area contributed by atoms with Gasteiger partial charge in [-0.05, 0) is 52.2 Å². The van der Waals surface area contributed by atoms with Gasteiger partial charge in [0.1, 0.15) is 8.07 Å². The second kappa shape index (κ2) is 4.92. The van der Waals surface area contributed by atoms with Crippen molar-refractivity contribution in [3.63, 3.8) is 0 Å². The van der Waals surface area contributed by atoms with Crippen LogP contribution in [0.2, 0.25) is 13.1 Å². The molecule has 0 amide bonds. The molecule has 0 radical (unpaired) electrons. The number of anilines is 2. The van der Waals surface area contributed by atoms with Gasteiger partial charge in [-0.3, -0.25) is 0 Å². The summed E-state index contributed by atoms with van der Waals surface area (Å²) in [4.78, 5) is 2.20. The molecule has 3 rings (SSSR count). The molecule has 0 unspecified atom stereocenters. The third-order valence-corrected chi connectivity index (χ3v) is 8.36. The van der Waals surface area contributed by atoms with Crippen molar-refractivity contribution in [3.05, 3.63) is 47.5 Å². The molecular weight excluding hydrogens is 272 g/mol. The van der Waals surface area contributed by atoms with Crippen LogP contribution < -0.4 is 20.6 Å². The lowest BCUT2D eigenvalue weighted by Gasteiger charge is -2.34. The molecule has 0 fully saturated rings. The van der Waals surface area contributed by atoms with Crippen LogP contribution in [-0.4, -0.2) is 29.2 Å². The minimum atomic E-state index is -1.62. The van der Waals surface area contributed by atoms with Crippen LogP contribution in [-0.2, 0) is 6.42 Å². The number of benzene rings is 2. The van der Waals surface area contributed by atoms with Crippen LogP contribution in [0.25, 0.3) is 0 Å². The lowest BCUT2D eigenvalue weighted by atomic mass is 10.0. The molecule has 21 heavy (non-hydrogen) atoms. The molecule has 3 heteroatoms. The average Bonchev–Trinajstić information content (AvgIpc) is 2.46. The molecule has 1 heterocycles. The minimum absolute atomic E-state index is 1.07. The van der Waals surface area contributed by atoms with E-state index in [9.17, 15) is 0 Å². The molecule has 1 aliphatic heterocycles. The van der Waals surface area contributed by atoms with Crippen LogP contribution in [0.3, 0.4) is 0 Å². The Labute approximate surface area is 128 Å². The normalized spacial score (nSPS) is 15.1. The van der Waals surface area contributed by atoms with Crippen molar-refractivity contribution >= 4 is 29.8 Å². The van der Waals surface area contributed by atoms with Crippen LogP contribution in [0.4, 0.5) is 11.4 Å². The first-order valence-corrected chi connectivity index (χ1v) is 10.6. The van der Waals surface area contributed by atoms with Crippen molar-refractivity contribution in [3.8, 4) is 0 Å². The van der Waals surface area contributed by atoms with Gasteiger partial charge in [-0.1, -0.05) is 25.2 Å². The van der Waals surface area contributed by atoms with Gasteiger partial charge in [-0.25, -0.2) is 0 Å². The summed E-state index contributed by atoms with van der Waals surface area (Å²) < 4.78 is 0. The molecule has 1 N–H and O–H groups in total. The smallest absolute Gasteiger partial charge is 0.113 e. The molecule has 0 aromatic heterocycles. The fraction of sp³-hybridized carbons (Fsp3) is 0.333. The molecule has 0 atom stereocenters. The average molecular weight is 296 g/mol. The topological polar surface area (TPSA) is 15.3 Å². The number of fused-ring (bicyclic) bond motifs is 2. The monoisotopic (exact) mass is 296 g/mol. The Morgan fingerprint density at radius 1 is 0.952 bits per heavy atom. The summed E-state index contributed by atoms with van der Waals surface area (Å²) in [6.07, 6.45) is 1.07. The maximum Gasteiger partial charge on any atom is 0.113 e. The molecule has 110 valence electrons. The lowest BCUT2D eigenvalue weighted by Crippen LogP contribution is -2.58. The zero-order valence-corrected chi connectivity index (χ0v) is 14.6. The minimum Gasteiger partial charge on any atom is -0.388 e. The van der Waals surface area contributed by atoms with Gasteiger partial charge in [0, 0.05) is 32.5 Å². The number of nitrogens with one attached hydrogen (secondary N) is 1. The van der Waals surface area contributed by atoms with E-state index in [1.165, 1.54) is 22.5 Å². The van der Waals surface area contributed by atoms with Gasteiger partial charge in [0.05, 0.1) is 0 Å². The highest BCUT2D eigenvalue weighted by Gasteiger charge is 2.34. The number of hydrogen-bond donors (Lipinski definition) is 1. The standard InChI is InChI=1S/C18H24N2Si/c1-19-15-8-6-13-10-14-7-9-16(20(2)3)12-18(14)21(4,5)17(13)11-15/h6-9,11-12,19H,10H2,1-5H3. The third-order valence-electron chi connectivity index (χ3n) is 4.74. The van der Waals surface area contributed by atoms with Gasteiger partial charge in [0.25, 0.3) is 0 Å². The Bertz CT molecular complexity index is 690. The van der Waals surface area contributed by atoms with Crippen molar-refractivity contribution in [2.45, 2.75) is 19.5 Å². The van der Waals surface area contributed by atoms with Gasteiger partial charge < -0.3 is 10.2 Å². The van der Waals surface area contributed by atoms with Crippen LogP contribution in [0.1, 0.15) is 11.1 Å². The molecule has 0 bridgehead atoms. The molecule has 1 aliphatic rings. The maximum absolute atomic E-state index is 3.28. The molecule has 2 aromatic rings. The first-order valence-electron chi connectivity index (χ1n) is 7.55. The molecule has 0 spiro atoms. The van der Waals surface area contributed by atoms with Crippen molar-refractivity contribution in [2.24, 2.45) is 0 Å². The van der Waals surface area contributed by atoms with Crippen LogP contribution >= 0.6 is 0 Å². The van der Waals surface area contributed by atoms with E-state index in [1.54, 1.807) is 10.4 Å². The van der Waals surface area contributed by atoms with Crippen molar-refractivity contribution < 1.29 is 0 Å². The van der Waals surface area contributed by atoms with Crippen LogP contribution in [0.15, 0.2) is 36.4 Å². The van der Waals surface area contributed by atoms with E-state index in [2.05, 4.69) is 73.8 Å². The third kappa shape index (κ3) is 2.26. The predicted octanol–water partition coefficient (Wildman–Crippen LogP) is 2.52. The molecule has 0 aliphatic carbocycles. The highest BCUT2D eigenvalue weighted by molar-refractivity contribution is 7.01. The zero-order chi connectivity index (χ0) is 15.2.